The Morgan fingerprint density at radius 2 is 2.14 bits per heavy atom. The van der Waals surface area contributed by atoms with E-state index in [2.05, 4.69) is 44.1 Å². The highest BCUT2D eigenvalue weighted by molar-refractivity contribution is 6.31. The van der Waals surface area contributed by atoms with Crippen molar-refractivity contribution >= 4 is 34.2 Å². The molecule has 0 atom stereocenters. The van der Waals surface area contributed by atoms with Crippen molar-refractivity contribution in [2.75, 3.05) is 32.1 Å². The van der Waals surface area contributed by atoms with E-state index in [9.17, 15) is 0 Å². The summed E-state index contributed by atoms with van der Waals surface area (Å²) in [4.78, 5) is 13.4. The average Bonchev–Trinajstić information content (AvgIpc) is 2.86. The van der Waals surface area contributed by atoms with Gasteiger partial charge in [-0.3, -0.25) is 4.40 Å². The van der Waals surface area contributed by atoms with E-state index in [0.29, 0.717) is 16.7 Å². The van der Waals surface area contributed by atoms with Gasteiger partial charge < -0.3 is 9.80 Å². The average molecular weight is 304 g/mol. The van der Waals surface area contributed by atoms with E-state index in [0.717, 1.165) is 30.1 Å². The molecule has 0 spiro atoms. The zero-order valence-corrected chi connectivity index (χ0v) is 12.5. The van der Waals surface area contributed by atoms with Crippen LogP contribution in [0.1, 0.15) is 0 Å². The summed E-state index contributed by atoms with van der Waals surface area (Å²) in [6.07, 6.45) is 3.28. The van der Waals surface area contributed by atoms with Crippen molar-refractivity contribution in [2.45, 2.75) is 6.04 Å². The minimum absolute atomic E-state index is 0.545. The molecule has 7 nitrogen and oxygen atoms in total. The largest absolute Gasteiger partial charge is 0.350 e. The first-order valence-corrected chi connectivity index (χ1v) is 7.07. The van der Waals surface area contributed by atoms with Crippen molar-refractivity contribution in [3.05, 3.63) is 23.6 Å². The number of halogens is 1. The maximum absolute atomic E-state index is 6.02. The van der Waals surface area contributed by atoms with Crippen LogP contribution in [-0.4, -0.2) is 62.7 Å². The third-order valence-electron chi connectivity index (χ3n) is 3.93. The van der Waals surface area contributed by atoms with Crippen LogP contribution < -0.4 is 4.90 Å². The maximum atomic E-state index is 6.02. The van der Waals surface area contributed by atoms with Crippen LogP contribution in [0.5, 0.6) is 0 Å². The fourth-order valence-corrected chi connectivity index (χ4v) is 2.72. The van der Waals surface area contributed by atoms with Crippen molar-refractivity contribution in [2.24, 2.45) is 0 Å². The monoisotopic (exact) mass is 303 g/mol. The molecule has 1 aliphatic rings. The van der Waals surface area contributed by atoms with Gasteiger partial charge in [-0.2, -0.15) is 0 Å². The van der Waals surface area contributed by atoms with E-state index in [4.69, 9.17) is 11.6 Å². The second kappa shape index (κ2) is 4.51. The minimum Gasteiger partial charge on any atom is -0.350 e. The molecular weight excluding hydrogens is 290 g/mol. The zero-order valence-electron chi connectivity index (χ0n) is 11.7. The number of anilines is 1. The van der Waals surface area contributed by atoms with Gasteiger partial charge in [0.25, 0.3) is 0 Å². The number of rotatable bonds is 2. The second-order valence-electron chi connectivity index (χ2n) is 5.48. The van der Waals surface area contributed by atoms with E-state index in [1.807, 2.05) is 10.5 Å². The normalized spacial score (nSPS) is 16.1. The molecule has 0 unspecified atom stereocenters. The Balaban J connectivity index is 1.85. The SMILES string of the molecule is CN(C)C1CN(c2nc3ncc(Cl)cc3n3cnnc23)C1. The smallest absolute Gasteiger partial charge is 0.204 e. The molecule has 0 radical (unpaired) electrons. The number of nitrogens with zero attached hydrogens (tertiary/aromatic N) is 7. The summed E-state index contributed by atoms with van der Waals surface area (Å²) >= 11 is 6.02. The van der Waals surface area contributed by atoms with Crippen molar-refractivity contribution in [1.82, 2.24) is 29.5 Å². The summed E-state index contributed by atoms with van der Waals surface area (Å²) < 4.78 is 1.89. The molecule has 1 saturated heterocycles. The van der Waals surface area contributed by atoms with Gasteiger partial charge in [-0.1, -0.05) is 11.6 Å². The fraction of sp³-hybridized carbons (Fsp3) is 0.385. The zero-order chi connectivity index (χ0) is 14.6. The highest BCUT2D eigenvalue weighted by Gasteiger charge is 2.31. The molecule has 0 amide bonds. The van der Waals surface area contributed by atoms with Crippen molar-refractivity contribution in [1.29, 1.82) is 0 Å². The van der Waals surface area contributed by atoms with Gasteiger partial charge in [-0.25, -0.2) is 9.97 Å². The Morgan fingerprint density at radius 1 is 1.33 bits per heavy atom. The van der Waals surface area contributed by atoms with Crippen molar-refractivity contribution < 1.29 is 0 Å². The standard InChI is InChI=1S/C13H14ClN7/c1-19(2)9-5-20(6-9)12-13-18-16-7-21(13)10-3-8(14)4-15-11(10)17-12/h3-4,7,9H,5-6H2,1-2H3. The lowest BCUT2D eigenvalue weighted by molar-refractivity contribution is 0.246. The van der Waals surface area contributed by atoms with Crippen molar-refractivity contribution in [3.8, 4) is 0 Å². The maximum Gasteiger partial charge on any atom is 0.204 e. The molecular formula is C13H14ClN7. The van der Waals surface area contributed by atoms with Gasteiger partial charge in [0.1, 0.15) is 6.33 Å². The minimum atomic E-state index is 0.545. The van der Waals surface area contributed by atoms with Gasteiger partial charge in [0.15, 0.2) is 11.5 Å². The Hall–Kier alpha value is -1.99. The fourth-order valence-electron chi connectivity index (χ4n) is 2.57. The number of pyridine rings is 1. The first-order valence-electron chi connectivity index (χ1n) is 6.70. The summed E-state index contributed by atoms with van der Waals surface area (Å²) in [5, 5.41) is 8.77. The molecule has 21 heavy (non-hydrogen) atoms. The highest BCUT2D eigenvalue weighted by Crippen LogP contribution is 2.27. The molecule has 3 aromatic rings. The lowest BCUT2D eigenvalue weighted by Crippen LogP contribution is -2.57. The van der Waals surface area contributed by atoms with Gasteiger partial charge in [-0.15, -0.1) is 10.2 Å². The Labute approximate surface area is 126 Å². The molecule has 3 aromatic heterocycles. The molecule has 1 aliphatic heterocycles. The summed E-state index contributed by atoms with van der Waals surface area (Å²) in [5.41, 5.74) is 2.20. The van der Waals surface area contributed by atoms with Crippen molar-refractivity contribution in [3.63, 3.8) is 0 Å². The van der Waals surface area contributed by atoms with Crippen LogP contribution in [-0.2, 0) is 0 Å². The number of likely N-dealkylation sites (N-methyl/N-ethyl adjacent to an activating group) is 1. The highest BCUT2D eigenvalue weighted by atomic mass is 35.5. The lowest BCUT2D eigenvalue weighted by atomic mass is 10.1. The third-order valence-corrected chi connectivity index (χ3v) is 4.13. The van der Waals surface area contributed by atoms with Crippen LogP contribution in [0.4, 0.5) is 5.82 Å². The Kier molecular flexibility index (Phi) is 2.73. The molecule has 4 heterocycles. The molecule has 8 heteroatoms. The van der Waals surface area contributed by atoms with Gasteiger partial charge in [0.2, 0.25) is 5.65 Å². The number of hydrogen-bond acceptors (Lipinski definition) is 6. The summed E-state index contributed by atoms with van der Waals surface area (Å²) in [7, 11) is 4.18. The number of hydrogen-bond donors (Lipinski definition) is 0. The summed E-state index contributed by atoms with van der Waals surface area (Å²) in [6.45, 7) is 1.86. The predicted molar refractivity (Wildman–Crippen MR) is 80.8 cm³/mol. The van der Waals surface area contributed by atoms with Crippen LogP contribution in [0.2, 0.25) is 5.02 Å². The molecule has 108 valence electrons. The topological polar surface area (TPSA) is 62.5 Å². The van der Waals surface area contributed by atoms with Crippen LogP contribution in [0.25, 0.3) is 16.8 Å². The molecule has 0 bridgehead atoms. The number of fused-ring (bicyclic) bond motifs is 3. The molecule has 0 aromatic carbocycles. The van der Waals surface area contributed by atoms with E-state index in [1.54, 1.807) is 12.5 Å². The van der Waals surface area contributed by atoms with Crippen LogP contribution in [0.3, 0.4) is 0 Å². The molecule has 0 saturated carbocycles. The van der Waals surface area contributed by atoms with E-state index in [1.165, 1.54) is 0 Å². The second-order valence-corrected chi connectivity index (χ2v) is 5.92. The van der Waals surface area contributed by atoms with E-state index >= 15 is 0 Å². The first-order chi connectivity index (χ1) is 10.1. The Morgan fingerprint density at radius 3 is 2.90 bits per heavy atom. The van der Waals surface area contributed by atoms with Gasteiger partial charge in [0.05, 0.1) is 10.5 Å². The predicted octanol–water partition coefficient (Wildman–Crippen LogP) is 1.08. The first kappa shape index (κ1) is 12.7. The molecule has 0 aliphatic carbocycles. The van der Waals surface area contributed by atoms with Crippen LogP contribution >= 0.6 is 11.6 Å². The van der Waals surface area contributed by atoms with E-state index in [-0.39, 0.29) is 0 Å². The van der Waals surface area contributed by atoms with Gasteiger partial charge >= 0.3 is 0 Å². The lowest BCUT2D eigenvalue weighted by Gasteiger charge is -2.43. The third kappa shape index (κ3) is 1.92. The molecule has 4 rings (SSSR count). The van der Waals surface area contributed by atoms with Crippen LogP contribution in [0, 0.1) is 0 Å². The number of aromatic nitrogens is 5. The summed E-state index contributed by atoms with van der Waals surface area (Å²) in [6, 6.07) is 2.37. The van der Waals surface area contributed by atoms with E-state index < -0.39 is 0 Å². The molecule has 1 fully saturated rings. The van der Waals surface area contributed by atoms with Gasteiger partial charge in [-0.05, 0) is 20.2 Å². The Bertz CT molecular complexity index is 822. The van der Waals surface area contributed by atoms with Crippen LogP contribution in [0.15, 0.2) is 18.6 Å². The van der Waals surface area contributed by atoms with Gasteiger partial charge in [0, 0.05) is 25.3 Å². The quantitative estimate of drug-likeness (QED) is 0.706. The summed E-state index contributed by atoms with van der Waals surface area (Å²) in [5.74, 6) is 0.827. The molecule has 0 N–H and O–H groups in total.